The van der Waals surface area contributed by atoms with Gasteiger partial charge in [0.25, 0.3) is 0 Å². The van der Waals surface area contributed by atoms with E-state index in [0.717, 1.165) is 13.8 Å². The first kappa shape index (κ1) is 37.0. The van der Waals surface area contributed by atoms with Gasteiger partial charge in [-0.25, -0.2) is 28.9 Å². The first-order chi connectivity index (χ1) is 24.2. The smallest absolute Gasteiger partial charge is 0.413 e. The fraction of sp³-hybridized carbons (Fsp3) is 0.515. The number of carbonyl (C=O) groups excluding carboxylic acids is 4. The minimum atomic E-state index is -1.55. The summed E-state index contributed by atoms with van der Waals surface area (Å²) in [6.07, 6.45) is -5.52. The van der Waals surface area contributed by atoms with Crippen LogP contribution in [0.1, 0.15) is 70.1 Å². The average Bonchev–Trinajstić information content (AvgIpc) is 3.63. The highest BCUT2D eigenvalue weighted by Crippen LogP contribution is 2.39. The molecule has 0 saturated carbocycles. The van der Waals surface area contributed by atoms with Crippen LogP contribution in [0.5, 0.6) is 5.75 Å². The molecule has 1 amide bonds. The Balaban J connectivity index is 1.30. The number of carbonyl (C=O) groups is 5. The van der Waals surface area contributed by atoms with Crippen LogP contribution < -0.4 is 10.1 Å². The predicted molar refractivity (Wildman–Crippen MR) is 171 cm³/mol. The summed E-state index contributed by atoms with van der Waals surface area (Å²) in [5, 5.41) is 12.5. The zero-order chi connectivity index (χ0) is 37.1. The molecular formula is C33H38FN5O12. The van der Waals surface area contributed by atoms with Gasteiger partial charge in [-0.2, -0.15) is 0 Å². The summed E-state index contributed by atoms with van der Waals surface area (Å²) in [5.41, 5.74) is 0.265. The number of esters is 2. The van der Waals surface area contributed by atoms with E-state index >= 15 is 4.39 Å². The van der Waals surface area contributed by atoms with Gasteiger partial charge in [0.1, 0.15) is 30.4 Å². The minimum absolute atomic E-state index is 0.00715. The van der Waals surface area contributed by atoms with Crippen molar-refractivity contribution in [1.82, 2.24) is 19.5 Å². The van der Waals surface area contributed by atoms with Crippen molar-refractivity contribution in [3.63, 3.8) is 0 Å². The van der Waals surface area contributed by atoms with E-state index in [1.54, 1.807) is 13.8 Å². The van der Waals surface area contributed by atoms with Crippen LogP contribution in [-0.2, 0) is 44.7 Å². The van der Waals surface area contributed by atoms with Gasteiger partial charge in [-0.05, 0) is 31.0 Å². The number of alkyl halides is 1. The van der Waals surface area contributed by atoms with Gasteiger partial charge in [0, 0.05) is 25.7 Å². The number of anilines is 1. The van der Waals surface area contributed by atoms with Crippen LogP contribution in [-0.4, -0.2) is 91.3 Å². The van der Waals surface area contributed by atoms with Crippen molar-refractivity contribution in [2.24, 2.45) is 11.8 Å². The Morgan fingerprint density at radius 2 is 1.69 bits per heavy atom. The number of ketones is 1. The number of fused-ring (bicyclic) bond motifs is 1. The van der Waals surface area contributed by atoms with Gasteiger partial charge in [0.05, 0.1) is 12.4 Å². The molecule has 0 radical (unpaired) electrons. The molecule has 18 heteroatoms. The Bertz CT molecular complexity index is 1820. The Hall–Kier alpha value is -5.23. The van der Waals surface area contributed by atoms with Crippen molar-refractivity contribution in [1.29, 1.82) is 0 Å². The summed E-state index contributed by atoms with van der Waals surface area (Å²) in [6, 6.07) is 3.87. The number of imidazole rings is 1. The number of carboxylic acid groups (broad SMARTS) is 1. The molecule has 2 aliphatic heterocycles. The normalized spacial score (nSPS) is 27.4. The molecule has 0 bridgehead atoms. The Labute approximate surface area is 290 Å². The molecule has 274 valence electrons. The van der Waals surface area contributed by atoms with Gasteiger partial charge in [0.2, 0.25) is 12.4 Å². The lowest BCUT2D eigenvalue weighted by atomic mass is 9.88. The maximum absolute atomic E-state index is 15.1. The molecule has 0 unspecified atom stereocenters. The number of benzene rings is 1. The number of nitrogens with zero attached hydrogens (tertiary/aromatic N) is 4. The molecule has 2 aliphatic rings. The number of halogens is 1. The van der Waals surface area contributed by atoms with Crippen LogP contribution in [0.3, 0.4) is 0 Å². The van der Waals surface area contributed by atoms with Crippen LogP contribution in [0.4, 0.5) is 15.0 Å². The number of hydrogen-bond donors (Lipinski definition) is 2. The Kier molecular flexibility index (Phi) is 11.1. The zero-order valence-corrected chi connectivity index (χ0v) is 28.6. The fourth-order valence-electron chi connectivity index (χ4n) is 6.22. The van der Waals surface area contributed by atoms with Gasteiger partial charge < -0.3 is 33.5 Å². The molecule has 1 aromatic carbocycles. The fourth-order valence-corrected chi connectivity index (χ4v) is 6.22. The van der Waals surface area contributed by atoms with E-state index in [1.807, 2.05) is 6.92 Å². The third-order valence-corrected chi connectivity index (χ3v) is 8.69. The standard InChI is InChI=1S/C33H38FN5O12/c1-7-21-14(2)23(34)30(49-21)39-13-37-24-28(35-12-36-29(24)39)38-33(45)46-11-19-8-9-22(20(10-19)31(43)44)50-32-27(48-18(6)42)26(47-17(5)41)15(3)25(51-32)16(4)40/h8-10,12-15,21,23,25-27,30,32H,7,11H2,1-6H3,(H,43,44)(H,35,36,38,45)/t14-,15-,21-,23-,25+,26+,27-,30-,32-/m1/s1. The second-order valence-corrected chi connectivity index (χ2v) is 12.3. The summed E-state index contributed by atoms with van der Waals surface area (Å²) >= 11 is 0. The van der Waals surface area contributed by atoms with Crippen LogP contribution in [0.15, 0.2) is 30.9 Å². The number of rotatable bonds is 11. The van der Waals surface area contributed by atoms with Gasteiger partial charge >= 0.3 is 24.0 Å². The molecule has 3 aromatic rings. The first-order valence-electron chi connectivity index (χ1n) is 16.1. The number of hydrogen-bond acceptors (Lipinski definition) is 14. The average molecular weight is 716 g/mol. The number of carboxylic acids is 1. The summed E-state index contributed by atoms with van der Waals surface area (Å²) in [6.45, 7) is 8.39. The Morgan fingerprint density at radius 1 is 0.980 bits per heavy atom. The van der Waals surface area contributed by atoms with Crippen LogP contribution in [0.2, 0.25) is 0 Å². The number of ether oxygens (including phenoxy) is 6. The molecule has 4 heterocycles. The molecule has 2 aromatic heterocycles. The maximum atomic E-state index is 15.1. The number of Topliss-reactive ketones (excluding diaryl/α,β-unsaturated/α-hetero) is 1. The topological polar surface area (TPSA) is 217 Å². The monoisotopic (exact) mass is 715 g/mol. The van der Waals surface area contributed by atoms with E-state index in [0.29, 0.717) is 6.42 Å². The van der Waals surface area contributed by atoms with E-state index in [-0.39, 0.29) is 52.5 Å². The molecule has 17 nitrogen and oxygen atoms in total. The number of amides is 1. The molecule has 2 saturated heterocycles. The third-order valence-electron chi connectivity index (χ3n) is 8.69. The summed E-state index contributed by atoms with van der Waals surface area (Å²) in [4.78, 5) is 73.8. The zero-order valence-electron chi connectivity index (χ0n) is 28.6. The van der Waals surface area contributed by atoms with Crippen molar-refractivity contribution >= 4 is 46.8 Å². The SMILES string of the molecule is CC[C@H]1O[C@@H](n2cnc3c(NC(=O)OCc4ccc(O[C@@H]5O[C@H](C(C)=O)[C@@H](C)[C@H](OC(C)=O)[C@H]5OC(C)=O)c(C(=O)O)c4)ncnc32)[C@H](F)[C@@H]1C. The van der Waals surface area contributed by atoms with Crippen LogP contribution >= 0.6 is 0 Å². The molecule has 5 rings (SSSR count). The first-order valence-corrected chi connectivity index (χ1v) is 16.1. The Morgan fingerprint density at radius 3 is 2.31 bits per heavy atom. The van der Waals surface area contributed by atoms with Crippen molar-refractivity contribution < 1.29 is 61.9 Å². The molecule has 2 N–H and O–H groups in total. The second kappa shape index (κ2) is 15.3. The van der Waals surface area contributed by atoms with Crippen molar-refractivity contribution in [2.45, 2.75) is 97.7 Å². The highest BCUT2D eigenvalue weighted by Gasteiger charge is 2.51. The number of aromatic carboxylic acids is 1. The summed E-state index contributed by atoms with van der Waals surface area (Å²) in [5.74, 6) is -4.65. The highest BCUT2D eigenvalue weighted by molar-refractivity contribution is 5.93. The van der Waals surface area contributed by atoms with E-state index in [2.05, 4.69) is 20.3 Å². The highest BCUT2D eigenvalue weighted by atomic mass is 19.1. The predicted octanol–water partition coefficient (Wildman–Crippen LogP) is 3.75. The maximum Gasteiger partial charge on any atom is 0.413 e. The minimum Gasteiger partial charge on any atom is -0.478 e. The van der Waals surface area contributed by atoms with Gasteiger partial charge in [-0.15, -0.1) is 0 Å². The van der Waals surface area contributed by atoms with E-state index in [9.17, 15) is 29.1 Å². The molecular weight excluding hydrogens is 677 g/mol. The van der Waals surface area contributed by atoms with E-state index < -0.39 is 72.7 Å². The lowest BCUT2D eigenvalue weighted by Gasteiger charge is -2.43. The van der Waals surface area contributed by atoms with Crippen molar-refractivity contribution in [3.05, 3.63) is 42.0 Å². The van der Waals surface area contributed by atoms with Gasteiger partial charge in [-0.3, -0.25) is 24.3 Å². The van der Waals surface area contributed by atoms with E-state index in [1.165, 1.54) is 42.3 Å². The van der Waals surface area contributed by atoms with Crippen LogP contribution in [0.25, 0.3) is 11.2 Å². The summed E-state index contributed by atoms with van der Waals surface area (Å²) in [7, 11) is 0. The molecule has 9 atom stereocenters. The summed E-state index contributed by atoms with van der Waals surface area (Å²) < 4.78 is 50.2. The molecule has 0 spiro atoms. The largest absolute Gasteiger partial charge is 0.478 e. The quantitative estimate of drug-likeness (QED) is 0.213. The van der Waals surface area contributed by atoms with Crippen molar-refractivity contribution in [2.75, 3.05) is 5.32 Å². The lowest BCUT2D eigenvalue weighted by Crippen LogP contribution is -2.59. The molecule has 0 aliphatic carbocycles. The van der Waals surface area contributed by atoms with Gasteiger partial charge in [-0.1, -0.05) is 26.8 Å². The lowest BCUT2D eigenvalue weighted by molar-refractivity contribution is -0.261. The van der Waals surface area contributed by atoms with Crippen LogP contribution in [0, 0.1) is 11.8 Å². The second-order valence-electron chi connectivity index (χ2n) is 12.3. The molecule has 51 heavy (non-hydrogen) atoms. The molecule has 2 fully saturated rings. The number of nitrogens with one attached hydrogen (secondary N) is 1. The van der Waals surface area contributed by atoms with E-state index in [4.69, 9.17) is 28.4 Å². The van der Waals surface area contributed by atoms with Gasteiger partial charge in [0.15, 0.2) is 41.3 Å². The van der Waals surface area contributed by atoms with Crippen molar-refractivity contribution in [3.8, 4) is 5.75 Å². The third kappa shape index (κ3) is 7.91. The number of aromatic nitrogens is 4.